The Balaban J connectivity index is 1.63. The van der Waals surface area contributed by atoms with E-state index in [1.54, 1.807) is 48.5 Å². The largest absolute Gasteiger partial charge is 0.493 e. The van der Waals surface area contributed by atoms with Gasteiger partial charge in [-0.15, -0.1) is 0 Å². The number of benzene rings is 3. The number of aryl methyl sites for hydroxylation is 1. The molecular weight excluding hydrogens is 530 g/mol. The minimum atomic E-state index is -0.615. The SMILES string of the molecule is COc1ccc(C(=O)Oc2ccc(Br)cc2/C=N/NC(=O)CNC(=O)c2cccc(C)c2)cc1OC. The van der Waals surface area contributed by atoms with Crippen LogP contribution in [-0.4, -0.2) is 44.8 Å². The maximum atomic E-state index is 12.7. The Kier molecular flexibility index (Phi) is 9.18. The van der Waals surface area contributed by atoms with Crippen LogP contribution in [-0.2, 0) is 4.79 Å². The Bertz CT molecular complexity index is 1310. The molecule has 0 radical (unpaired) electrons. The van der Waals surface area contributed by atoms with Gasteiger partial charge in [-0.2, -0.15) is 5.10 Å². The van der Waals surface area contributed by atoms with Crippen LogP contribution in [0.3, 0.4) is 0 Å². The van der Waals surface area contributed by atoms with E-state index in [0.717, 1.165) is 5.56 Å². The first-order valence-electron chi connectivity index (χ1n) is 10.7. The quantitative estimate of drug-likeness (QED) is 0.180. The van der Waals surface area contributed by atoms with Gasteiger partial charge in [-0.3, -0.25) is 9.59 Å². The summed E-state index contributed by atoms with van der Waals surface area (Å²) in [6.45, 7) is 1.61. The van der Waals surface area contributed by atoms with Gasteiger partial charge in [0.25, 0.3) is 11.8 Å². The standard InChI is InChI=1S/C26H24BrN3O6/c1-16-5-4-6-17(11-16)25(32)28-15-24(31)30-29-14-19-12-20(27)8-10-21(19)36-26(33)18-7-9-22(34-2)23(13-18)35-3/h4-14H,15H2,1-3H3,(H,28,32)(H,30,31)/b29-14+. The maximum Gasteiger partial charge on any atom is 0.343 e. The number of esters is 1. The molecule has 2 amide bonds. The van der Waals surface area contributed by atoms with Gasteiger partial charge >= 0.3 is 5.97 Å². The Hall–Kier alpha value is -4.18. The summed E-state index contributed by atoms with van der Waals surface area (Å²) in [5.74, 6) is -0.405. The van der Waals surface area contributed by atoms with E-state index < -0.39 is 11.9 Å². The average molecular weight is 554 g/mol. The molecule has 186 valence electrons. The van der Waals surface area contributed by atoms with Gasteiger partial charge in [-0.1, -0.05) is 33.6 Å². The van der Waals surface area contributed by atoms with Crippen LogP contribution < -0.4 is 25.0 Å². The number of hydrazone groups is 1. The van der Waals surface area contributed by atoms with Crippen molar-refractivity contribution in [1.29, 1.82) is 0 Å². The van der Waals surface area contributed by atoms with Crippen LogP contribution in [0.1, 0.15) is 31.8 Å². The van der Waals surface area contributed by atoms with E-state index >= 15 is 0 Å². The van der Waals surface area contributed by atoms with E-state index in [9.17, 15) is 14.4 Å². The van der Waals surface area contributed by atoms with Crippen molar-refractivity contribution in [2.24, 2.45) is 5.10 Å². The molecule has 3 rings (SSSR count). The molecule has 0 saturated heterocycles. The Morgan fingerprint density at radius 1 is 0.917 bits per heavy atom. The first-order chi connectivity index (χ1) is 17.3. The Morgan fingerprint density at radius 3 is 2.39 bits per heavy atom. The van der Waals surface area contributed by atoms with E-state index in [0.29, 0.717) is 27.1 Å². The second-order valence-electron chi connectivity index (χ2n) is 7.49. The molecule has 9 nitrogen and oxygen atoms in total. The van der Waals surface area contributed by atoms with E-state index in [-0.39, 0.29) is 23.8 Å². The fourth-order valence-corrected chi connectivity index (χ4v) is 3.48. The molecule has 0 spiro atoms. The monoisotopic (exact) mass is 553 g/mol. The summed E-state index contributed by atoms with van der Waals surface area (Å²) in [6, 6.07) is 16.7. The molecule has 0 aliphatic heterocycles. The highest BCUT2D eigenvalue weighted by molar-refractivity contribution is 9.10. The van der Waals surface area contributed by atoms with Crippen LogP contribution in [0.2, 0.25) is 0 Å². The Labute approximate surface area is 216 Å². The number of amides is 2. The fourth-order valence-electron chi connectivity index (χ4n) is 3.10. The zero-order valence-corrected chi connectivity index (χ0v) is 21.4. The molecule has 2 N–H and O–H groups in total. The molecule has 0 aromatic heterocycles. The van der Waals surface area contributed by atoms with Gasteiger partial charge in [0.15, 0.2) is 11.5 Å². The molecule has 3 aromatic rings. The lowest BCUT2D eigenvalue weighted by Crippen LogP contribution is -2.34. The highest BCUT2D eigenvalue weighted by Crippen LogP contribution is 2.29. The highest BCUT2D eigenvalue weighted by Gasteiger charge is 2.15. The van der Waals surface area contributed by atoms with Crippen LogP contribution in [0.5, 0.6) is 17.2 Å². The number of hydrogen-bond donors (Lipinski definition) is 2. The molecule has 0 unspecified atom stereocenters. The van der Waals surface area contributed by atoms with E-state index in [2.05, 4.69) is 31.8 Å². The third-order valence-corrected chi connectivity index (χ3v) is 5.37. The minimum Gasteiger partial charge on any atom is -0.493 e. The zero-order chi connectivity index (χ0) is 26.1. The van der Waals surface area contributed by atoms with Crippen LogP contribution in [0.25, 0.3) is 0 Å². The summed E-state index contributed by atoms with van der Waals surface area (Å²) in [5.41, 5.74) is 4.43. The number of nitrogens with zero attached hydrogens (tertiary/aromatic N) is 1. The van der Waals surface area contributed by atoms with E-state index in [1.165, 1.54) is 26.5 Å². The van der Waals surface area contributed by atoms with Crippen LogP contribution >= 0.6 is 15.9 Å². The third-order valence-electron chi connectivity index (χ3n) is 4.88. The number of carbonyl (C=O) groups excluding carboxylic acids is 3. The van der Waals surface area contributed by atoms with Crippen LogP contribution in [0, 0.1) is 6.92 Å². The van der Waals surface area contributed by atoms with Gasteiger partial charge in [0.1, 0.15) is 5.75 Å². The smallest absolute Gasteiger partial charge is 0.343 e. The van der Waals surface area contributed by atoms with Crippen molar-refractivity contribution < 1.29 is 28.6 Å². The molecule has 36 heavy (non-hydrogen) atoms. The number of hydrogen-bond acceptors (Lipinski definition) is 7. The molecule has 0 aliphatic rings. The van der Waals surface area contributed by atoms with Crippen molar-refractivity contribution in [2.75, 3.05) is 20.8 Å². The molecule has 0 bridgehead atoms. The van der Waals surface area contributed by atoms with Crippen LogP contribution in [0.15, 0.2) is 70.2 Å². The third kappa shape index (κ3) is 7.16. The first kappa shape index (κ1) is 26.4. The molecule has 0 fully saturated rings. The minimum absolute atomic E-state index is 0.226. The summed E-state index contributed by atoms with van der Waals surface area (Å²) in [5, 5.41) is 6.45. The van der Waals surface area contributed by atoms with Crippen molar-refractivity contribution in [1.82, 2.24) is 10.7 Å². The number of methoxy groups -OCH3 is 2. The summed E-state index contributed by atoms with van der Waals surface area (Å²) in [7, 11) is 2.97. The lowest BCUT2D eigenvalue weighted by atomic mass is 10.1. The lowest BCUT2D eigenvalue weighted by Gasteiger charge is -2.11. The maximum absolute atomic E-state index is 12.7. The normalized spacial score (nSPS) is 10.6. The van der Waals surface area contributed by atoms with E-state index in [1.807, 2.05) is 13.0 Å². The predicted molar refractivity (Wildman–Crippen MR) is 138 cm³/mol. The summed E-state index contributed by atoms with van der Waals surface area (Å²) < 4.78 is 16.7. The number of carbonyl (C=O) groups is 3. The molecule has 0 saturated carbocycles. The summed E-state index contributed by atoms with van der Waals surface area (Å²) in [4.78, 5) is 37.0. The predicted octanol–water partition coefficient (Wildman–Crippen LogP) is 3.87. The van der Waals surface area contributed by atoms with E-state index in [4.69, 9.17) is 14.2 Å². The molecule has 3 aromatic carbocycles. The van der Waals surface area contributed by atoms with Gasteiger partial charge in [0.2, 0.25) is 0 Å². The Morgan fingerprint density at radius 2 is 1.67 bits per heavy atom. The van der Waals surface area contributed by atoms with Crippen molar-refractivity contribution in [3.05, 3.63) is 87.4 Å². The topological polar surface area (TPSA) is 115 Å². The van der Waals surface area contributed by atoms with Crippen molar-refractivity contribution in [2.45, 2.75) is 6.92 Å². The summed E-state index contributed by atoms with van der Waals surface area (Å²) in [6.07, 6.45) is 1.34. The number of nitrogens with one attached hydrogen (secondary N) is 2. The molecule has 0 aliphatic carbocycles. The first-order valence-corrected chi connectivity index (χ1v) is 11.5. The van der Waals surface area contributed by atoms with Gasteiger partial charge in [-0.25, -0.2) is 10.2 Å². The van der Waals surface area contributed by atoms with Gasteiger partial charge in [0, 0.05) is 15.6 Å². The molecule has 0 atom stereocenters. The van der Waals surface area contributed by atoms with Crippen molar-refractivity contribution >= 4 is 39.9 Å². The number of ether oxygens (including phenoxy) is 3. The second kappa shape index (κ2) is 12.5. The van der Waals surface area contributed by atoms with Gasteiger partial charge < -0.3 is 19.5 Å². The average Bonchev–Trinajstić information content (AvgIpc) is 2.88. The molecular formula is C26H24BrN3O6. The van der Waals surface area contributed by atoms with Gasteiger partial charge in [0.05, 0.1) is 32.5 Å². The number of rotatable bonds is 9. The zero-order valence-electron chi connectivity index (χ0n) is 19.8. The van der Waals surface area contributed by atoms with Crippen molar-refractivity contribution in [3.63, 3.8) is 0 Å². The highest BCUT2D eigenvalue weighted by atomic mass is 79.9. The fraction of sp³-hybridized carbons (Fsp3) is 0.154. The van der Waals surface area contributed by atoms with Crippen molar-refractivity contribution in [3.8, 4) is 17.2 Å². The summed E-state index contributed by atoms with van der Waals surface area (Å²) >= 11 is 3.36. The second-order valence-corrected chi connectivity index (χ2v) is 8.40. The number of halogens is 1. The van der Waals surface area contributed by atoms with Crippen LogP contribution in [0.4, 0.5) is 0 Å². The lowest BCUT2D eigenvalue weighted by molar-refractivity contribution is -0.120. The molecule has 0 heterocycles. The molecule has 10 heteroatoms. The van der Waals surface area contributed by atoms with Gasteiger partial charge in [-0.05, 0) is 55.5 Å².